The first-order valence-electron chi connectivity index (χ1n) is 18.3. The van der Waals surface area contributed by atoms with Crippen molar-refractivity contribution in [2.24, 2.45) is 35.2 Å². The zero-order valence-electron chi connectivity index (χ0n) is 33.3. The van der Waals surface area contributed by atoms with Gasteiger partial charge in [0.05, 0.1) is 11.4 Å². The van der Waals surface area contributed by atoms with Crippen molar-refractivity contribution in [2.45, 2.75) is 39.0 Å². The van der Waals surface area contributed by atoms with Crippen LogP contribution in [0.1, 0.15) is 70.9 Å². The van der Waals surface area contributed by atoms with Gasteiger partial charge in [0, 0.05) is 111 Å². The fraction of sp³-hybridized carbons (Fsp3) is 0.333. The van der Waals surface area contributed by atoms with E-state index in [1.165, 1.54) is 38.4 Å². The fourth-order valence-corrected chi connectivity index (χ4v) is 5.66. The molecule has 0 spiro atoms. The highest BCUT2D eigenvalue weighted by Crippen LogP contribution is 2.21. The van der Waals surface area contributed by atoms with Gasteiger partial charge < -0.3 is 65.8 Å². The summed E-state index contributed by atoms with van der Waals surface area (Å²) in [4.78, 5) is 101. The predicted octanol–water partition coefficient (Wildman–Crippen LogP) is 1.51. The van der Waals surface area contributed by atoms with E-state index in [9.17, 15) is 33.6 Å². The number of anilines is 7. The molecular formula is C36H46N16O7. The summed E-state index contributed by atoms with van der Waals surface area (Å²) >= 11 is 0. The van der Waals surface area contributed by atoms with Crippen molar-refractivity contribution in [3.05, 3.63) is 60.6 Å². The van der Waals surface area contributed by atoms with Crippen LogP contribution in [-0.4, -0.2) is 85.7 Å². The number of amides is 7. The largest absolute Gasteiger partial charge is 0.382 e. The average Bonchev–Trinajstić information content (AvgIpc) is 3.98. The average molecular weight is 815 g/mol. The van der Waals surface area contributed by atoms with Gasteiger partial charge in [0.2, 0.25) is 41.1 Å². The highest BCUT2D eigenvalue weighted by molar-refractivity contribution is 6.04. The lowest BCUT2D eigenvalue weighted by atomic mass is 10.3. The molecule has 23 heteroatoms. The second-order valence-electron chi connectivity index (χ2n) is 13.5. The Morgan fingerprint density at radius 1 is 0.508 bits per heavy atom. The van der Waals surface area contributed by atoms with Gasteiger partial charge >= 0.3 is 0 Å². The number of aromatic nitrogens is 8. The third-order valence-electron chi connectivity index (χ3n) is 8.55. The van der Waals surface area contributed by atoms with Crippen molar-refractivity contribution in [3.8, 4) is 0 Å². The first kappa shape index (κ1) is 42.4. The summed E-state index contributed by atoms with van der Waals surface area (Å²) in [6.07, 6.45) is 7.72. The molecule has 59 heavy (non-hydrogen) atoms. The Bertz CT molecular complexity index is 2410. The van der Waals surface area contributed by atoms with Crippen LogP contribution in [0.5, 0.6) is 0 Å². The van der Waals surface area contributed by atoms with Gasteiger partial charge in [-0.2, -0.15) is 0 Å². The molecule has 5 aromatic heterocycles. The standard InChI is InChI=1S/C36H46N16O7/c1-7-12-38-34(57)31-44-23(18-51(31)5)42-27(53)8-10-29(55)47-26-14-21(16-49(26)3)40-36(59)33-45-24(19-52(33)6)43-28(54)9-11-30(56)46-25-13-20(15-48(25)2)39-35(58)32-41-22(37)17-50(32)4/h13-19H,7-12,37H2,1-6H3,(H,38,57)(H,39,58)(H,40,59)(H,42,53)(H,43,54)(H,46,56)(H,47,55). The SMILES string of the molecule is CCCNC(=O)c1nc(NC(=O)CCC(=O)Nc2cc(NC(=O)c3nc(NC(=O)CCC(=O)Nc4cc(NC(=O)c5nc(N)cn5C)cn4C)cn3C)cn2C)cn1C. The van der Waals surface area contributed by atoms with Crippen LogP contribution < -0.4 is 43.0 Å². The minimum atomic E-state index is -0.602. The van der Waals surface area contributed by atoms with E-state index >= 15 is 0 Å². The number of nitrogen functional groups attached to an aromatic ring is 1. The number of nitrogens with zero attached hydrogens (tertiary/aromatic N) is 8. The van der Waals surface area contributed by atoms with Gasteiger partial charge in [-0.15, -0.1) is 0 Å². The fourth-order valence-electron chi connectivity index (χ4n) is 5.66. The smallest absolute Gasteiger partial charge is 0.291 e. The molecule has 0 aliphatic carbocycles. The van der Waals surface area contributed by atoms with Crippen molar-refractivity contribution in [2.75, 3.05) is 44.2 Å². The Kier molecular flexibility index (Phi) is 13.3. The van der Waals surface area contributed by atoms with E-state index < -0.39 is 35.4 Å². The van der Waals surface area contributed by atoms with Crippen LogP contribution in [0.15, 0.2) is 43.1 Å². The maximum atomic E-state index is 13.1. The Hall–Kier alpha value is -7.72. The predicted molar refractivity (Wildman–Crippen MR) is 216 cm³/mol. The molecule has 0 fully saturated rings. The molecule has 312 valence electrons. The molecule has 0 atom stereocenters. The molecule has 0 unspecified atom stereocenters. The summed E-state index contributed by atoms with van der Waals surface area (Å²) in [6, 6.07) is 3.08. The monoisotopic (exact) mass is 814 g/mol. The number of carbonyl (C=O) groups is 7. The van der Waals surface area contributed by atoms with Gasteiger partial charge in [-0.3, -0.25) is 33.6 Å². The van der Waals surface area contributed by atoms with Gasteiger partial charge in [0.25, 0.3) is 17.7 Å². The van der Waals surface area contributed by atoms with Crippen LogP contribution in [-0.2, 0) is 54.4 Å². The Morgan fingerprint density at radius 3 is 1.31 bits per heavy atom. The number of nitrogens with one attached hydrogen (secondary N) is 7. The van der Waals surface area contributed by atoms with Gasteiger partial charge in [-0.05, 0) is 6.42 Å². The summed E-state index contributed by atoms with van der Waals surface area (Å²) in [6.45, 7) is 2.42. The lowest BCUT2D eigenvalue weighted by Crippen LogP contribution is -2.26. The zero-order chi connectivity index (χ0) is 43.0. The molecular weight excluding hydrogens is 769 g/mol. The number of aryl methyl sites for hydroxylation is 5. The Labute approximate surface area is 337 Å². The van der Waals surface area contributed by atoms with Gasteiger partial charge in [0.1, 0.15) is 17.5 Å². The number of rotatable bonds is 17. The second-order valence-corrected chi connectivity index (χ2v) is 13.5. The minimum absolute atomic E-state index is 0.0295. The van der Waals surface area contributed by atoms with Crippen molar-refractivity contribution < 1.29 is 33.6 Å². The quantitative estimate of drug-likeness (QED) is 0.0666. The Balaban J connectivity index is 1.05. The Morgan fingerprint density at radius 2 is 0.898 bits per heavy atom. The number of carbonyl (C=O) groups excluding carboxylic acids is 7. The topological polar surface area (TPSA) is 293 Å². The van der Waals surface area contributed by atoms with Gasteiger partial charge in [0.15, 0.2) is 11.6 Å². The summed E-state index contributed by atoms with van der Waals surface area (Å²) in [5, 5.41) is 18.7. The number of imidazole rings is 3. The molecule has 0 aromatic carbocycles. The van der Waals surface area contributed by atoms with E-state index in [1.807, 2.05) is 6.92 Å². The summed E-state index contributed by atoms with van der Waals surface area (Å²) in [7, 11) is 8.16. The van der Waals surface area contributed by atoms with Gasteiger partial charge in [-0.1, -0.05) is 6.92 Å². The molecule has 5 heterocycles. The molecule has 0 aliphatic heterocycles. The van der Waals surface area contributed by atoms with Crippen LogP contribution in [0.25, 0.3) is 0 Å². The third-order valence-corrected chi connectivity index (χ3v) is 8.55. The lowest BCUT2D eigenvalue weighted by molar-refractivity contribution is -0.121. The van der Waals surface area contributed by atoms with Gasteiger partial charge in [-0.25, -0.2) is 15.0 Å². The highest BCUT2D eigenvalue weighted by atomic mass is 16.2. The molecule has 7 amide bonds. The maximum absolute atomic E-state index is 13.1. The third kappa shape index (κ3) is 11.2. The van der Waals surface area contributed by atoms with E-state index in [2.05, 4.69) is 52.2 Å². The first-order valence-corrected chi connectivity index (χ1v) is 18.3. The van der Waals surface area contributed by atoms with Crippen LogP contribution in [0.4, 0.5) is 40.5 Å². The van der Waals surface area contributed by atoms with E-state index in [0.717, 1.165) is 6.42 Å². The minimum Gasteiger partial charge on any atom is -0.382 e. The van der Waals surface area contributed by atoms with E-state index in [-0.39, 0.29) is 66.5 Å². The molecule has 23 nitrogen and oxygen atoms in total. The molecule has 0 bridgehead atoms. The molecule has 5 rings (SSSR count). The maximum Gasteiger partial charge on any atom is 0.291 e. The molecule has 0 radical (unpaired) electrons. The van der Waals surface area contributed by atoms with Crippen LogP contribution in [0, 0.1) is 0 Å². The van der Waals surface area contributed by atoms with E-state index in [0.29, 0.717) is 29.6 Å². The first-order chi connectivity index (χ1) is 28.0. The second kappa shape index (κ2) is 18.5. The summed E-state index contributed by atoms with van der Waals surface area (Å²) in [5.41, 5.74) is 6.39. The molecule has 0 aliphatic rings. The number of nitrogens with two attached hydrogens (primary N) is 1. The highest BCUT2D eigenvalue weighted by Gasteiger charge is 2.20. The number of hydrogen-bond donors (Lipinski definition) is 8. The van der Waals surface area contributed by atoms with Crippen LogP contribution in [0.2, 0.25) is 0 Å². The van der Waals surface area contributed by atoms with E-state index in [1.54, 1.807) is 62.8 Å². The van der Waals surface area contributed by atoms with Crippen molar-refractivity contribution in [1.82, 2.24) is 43.1 Å². The summed E-state index contributed by atoms with van der Waals surface area (Å²) < 4.78 is 7.56. The molecule has 9 N–H and O–H groups in total. The summed E-state index contributed by atoms with van der Waals surface area (Å²) in [5.74, 6) is -1.91. The number of hydrogen-bond acceptors (Lipinski definition) is 11. The molecule has 0 saturated carbocycles. The molecule has 5 aromatic rings. The van der Waals surface area contributed by atoms with Crippen LogP contribution >= 0.6 is 0 Å². The van der Waals surface area contributed by atoms with Crippen molar-refractivity contribution in [1.29, 1.82) is 0 Å². The zero-order valence-corrected chi connectivity index (χ0v) is 33.3. The van der Waals surface area contributed by atoms with Crippen molar-refractivity contribution >= 4 is 81.8 Å². The normalized spacial score (nSPS) is 10.8. The molecule has 0 saturated heterocycles. The van der Waals surface area contributed by atoms with Crippen molar-refractivity contribution in [3.63, 3.8) is 0 Å². The lowest BCUT2D eigenvalue weighted by Gasteiger charge is -2.06. The van der Waals surface area contributed by atoms with E-state index in [4.69, 9.17) is 5.73 Å². The van der Waals surface area contributed by atoms with Crippen LogP contribution in [0.3, 0.4) is 0 Å².